The SMILES string of the molecule is COCc1ccc(C(=O)Nc2ccc(-c3nc(CNC(=O)c4onc5c4CCCC5)c(C)o3)cc2)o1. The number of fused-ring (bicyclic) bond motifs is 1. The van der Waals surface area contributed by atoms with E-state index >= 15 is 0 Å². The van der Waals surface area contributed by atoms with Crippen LogP contribution < -0.4 is 10.6 Å². The van der Waals surface area contributed by atoms with Gasteiger partial charge in [-0.1, -0.05) is 5.16 Å². The summed E-state index contributed by atoms with van der Waals surface area (Å²) in [7, 11) is 1.56. The van der Waals surface area contributed by atoms with Gasteiger partial charge in [-0.25, -0.2) is 4.98 Å². The van der Waals surface area contributed by atoms with Crippen LogP contribution in [-0.4, -0.2) is 29.1 Å². The summed E-state index contributed by atoms with van der Waals surface area (Å²) in [6.07, 6.45) is 3.75. The van der Waals surface area contributed by atoms with Gasteiger partial charge < -0.3 is 28.7 Å². The number of aromatic nitrogens is 2. The summed E-state index contributed by atoms with van der Waals surface area (Å²) in [6.45, 7) is 2.29. The number of ether oxygens (including phenoxy) is 1. The van der Waals surface area contributed by atoms with Crippen molar-refractivity contribution in [2.75, 3.05) is 12.4 Å². The highest BCUT2D eigenvalue weighted by Crippen LogP contribution is 2.25. The monoisotopic (exact) mass is 490 g/mol. The first kappa shape index (κ1) is 23.6. The Morgan fingerprint density at radius 3 is 2.64 bits per heavy atom. The highest BCUT2D eigenvalue weighted by Gasteiger charge is 2.24. The molecule has 0 radical (unpaired) electrons. The second-order valence-corrected chi connectivity index (χ2v) is 8.58. The van der Waals surface area contributed by atoms with Crippen LogP contribution in [0.1, 0.15) is 62.4 Å². The van der Waals surface area contributed by atoms with Gasteiger partial charge in [-0.15, -0.1) is 0 Å². The van der Waals surface area contributed by atoms with Crippen molar-refractivity contribution in [2.45, 2.75) is 45.8 Å². The molecule has 10 heteroatoms. The zero-order valence-electron chi connectivity index (χ0n) is 20.1. The largest absolute Gasteiger partial charge is 0.453 e. The molecule has 3 aromatic heterocycles. The second-order valence-electron chi connectivity index (χ2n) is 8.58. The molecular formula is C26H26N4O6. The molecule has 10 nitrogen and oxygen atoms in total. The lowest BCUT2D eigenvalue weighted by atomic mass is 9.96. The number of nitrogens with zero attached hydrogens (tertiary/aromatic N) is 2. The molecule has 0 spiro atoms. The van der Waals surface area contributed by atoms with E-state index in [1.54, 1.807) is 50.4 Å². The Labute approximate surface area is 207 Å². The van der Waals surface area contributed by atoms with E-state index in [0.29, 0.717) is 35.4 Å². The molecule has 0 saturated heterocycles. The van der Waals surface area contributed by atoms with Crippen LogP contribution in [0.3, 0.4) is 0 Å². The lowest BCUT2D eigenvalue weighted by Gasteiger charge is -2.09. The van der Waals surface area contributed by atoms with Gasteiger partial charge in [0.2, 0.25) is 11.7 Å². The van der Waals surface area contributed by atoms with Crippen molar-refractivity contribution in [1.82, 2.24) is 15.5 Å². The van der Waals surface area contributed by atoms with E-state index in [0.717, 1.165) is 42.5 Å². The van der Waals surface area contributed by atoms with E-state index in [1.807, 2.05) is 0 Å². The van der Waals surface area contributed by atoms with Gasteiger partial charge in [-0.05, 0) is 69.0 Å². The van der Waals surface area contributed by atoms with E-state index < -0.39 is 0 Å². The Morgan fingerprint density at radius 1 is 1.03 bits per heavy atom. The van der Waals surface area contributed by atoms with Crippen LogP contribution in [-0.2, 0) is 30.7 Å². The van der Waals surface area contributed by atoms with Crippen molar-refractivity contribution >= 4 is 17.5 Å². The quantitative estimate of drug-likeness (QED) is 0.370. The van der Waals surface area contributed by atoms with Crippen LogP contribution in [0, 0.1) is 6.92 Å². The summed E-state index contributed by atoms with van der Waals surface area (Å²) in [5.41, 5.74) is 3.74. The molecule has 186 valence electrons. The number of rotatable bonds is 8. The number of oxazole rings is 1. The van der Waals surface area contributed by atoms with Crippen LogP contribution in [0.2, 0.25) is 0 Å². The third-order valence-electron chi connectivity index (χ3n) is 6.04. The molecule has 0 saturated carbocycles. The maximum absolute atomic E-state index is 12.7. The Balaban J connectivity index is 1.21. The molecule has 1 aromatic carbocycles. The fourth-order valence-corrected chi connectivity index (χ4v) is 4.14. The predicted molar refractivity (Wildman–Crippen MR) is 128 cm³/mol. The predicted octanol–water partition coefficient (Wildman–Crippen LogP) is 4.44. The van der Waals surface area contributed by atoms with Crippen LogP contribution in [0.25, 0.3) is 11.5 Å². The van der Waals surface area contributed by atoms with Gasteiger partial charge in [0.1, 0.15) is 23.8 Å². The summed E-state index contributed by atoms with van der Waals surface area (Å²) in [5, 5.41) is 9.68. The van der Waals surface area contributed by atoms with Crippen molar-refractivity contribution in [1.29, 1.82) is 0 Å². The third kappa shape index (κ3) is 4.94. The number of aryl methyl sites for hydroxylation is 2. The number of amides is 2. The van der Waals surface area contributed by atoms with Crippen LogP contribution in [0.4, 0.5) is 5.69 Å². The minimum atomic E-state index is -0.358. The first-order valence-electron chi connectivity index (χ1n) is 11.7. The highest BCUT2D eigenvalue weighted by atomic mass is 16.5. The van der Waals surface area contributed by atoms with E-state index in [4.69, 9.17) is 18.1 Å². The average Bonchev–Trinajstić information content (AvgIpc) is 3.62. The van der Waals surface area contributed by atoms with Gasteiger partial charge in [0.25, 0.3) is 11.8 Å². The van der Waals surface area contributed by atoms with Gasteiger partial charge in [-0.2, -0.15) is 0 Å². The Bertz CT molecular complexity index is 1380. The van der Waals surface area contributed by atoms with Crippen molar-refractivity contribution in [3.05, 3.63) is 76.4 Å². The molecule has 1 aliphatic rings. The number of benzene rings is 1. The number of nitrogens with one attached hydrogen (secondary N) is 2. The third-order valence-corrected chi connectivity index (χ3v) is 6.04. The number of carbonyl (C=O) groups excluding carboxylic acids is 2. The normalized spacial score (nSPS) is 12.8. The summed E-state index contributed by atoms with van der Waals surface area (Å²) >= 11 is 0. The van der Waals surface area contributed by atoms with E-state index in [9.17, 15) is 9.59 Å². The minimum Gasteiger partial charge on any atom is -0.453 e. The van der Waals surface area contributed by atoms with Crippen molar-refractivity contribution in [3.63, 3.8) is 0 Å². The van der Waals surface area contributed by atoms with E-state index in [-0.39, 0.29) is 29.9 Å². The Hall–Kier alpha value is -4.18. The van der Waals surface area contributed by atoms with Crippen molar-refractivity contribution < 1.29 is 27.7 Å². The van der Waals surface area contributed by atoms with E-state index in [2.05, 4.69) is 20.8 Å². The molecule has 0 fully saturated rings. The Morgan fingerprint density at radius 2 is 1.83 bits per heavy atom. The smallest absolute Gasteiger partial charge is 0.291 e. The van der Waals surface area contributed by atoms with Gasteiger partial charge >= 0.3 is 0 Å². The van der Waals surface area contributed by atoms with Crippen LogP contribution in [0.5, 0.6) is 0 Å². The van der Waals surface area contributed by atoms with Crippen molar-refractivity contribution in [3.8, 4) is 11.5 Å². The topological polar surface area (TPSA) is 133 Å². The lowest BCUT2D eigenvalue weighted by Crippen LogP contribution is -2.24. The van der Waals surface area contributed by atoms with Crippen molar-refractivity contribution in [2.24, 2.45) is 0 Å². The molecule has 4 aromatic rings. The molecule has 1 aliphatic carbocycles. The molecule has 36 heavy (non-hydrogen) atoms. The fourth-order valence-electron chi connectivity index (χ4n) is 4.14. The number of hydrogen-bond acceptors (Lipinski definition) is 8. The van der Waals surface area contributed by atoms with Crippen LogP contribution in [0.15, 0.2) is 49.8 Å². The van der Waals surface area contributed by atoms with E-state index in [1.165, 1.54) is 0 Å². The molecule has 0 bridgehead atoms. The summed E-state index contributed by atoms with van der Waals surface area (Å²) in [5.74, 6) is 1.42. The second kappa shape index (κ2) is 10.2. The Kier molecular flexibility index (Phi) is 6.68. The molecular weight excluding hydrogens is 464 g/mol. The molecule has 2 N–H and O–H groups in total. The number of methoxy groups -OCH3 is 1. The zero-order valence-corrected chi connectivity index (χ0v) is 20.1. The average molecular weight is 491 g/mol. The number of hydrogen-bond donors (Lipinski definition) is 2. The van der Waals surface area contributed by atoms with Gasteiger partial charge in [0.05, 0.1) is 12.2 Å². The van der Waals surface area contributed by atoms with Gasteiger partial charge in [-0.3, -0.25) is 9.59 Å². The molecule has 0 atom stereocenters. The highest BCUT2D eigenvalue weighted by molar-refractivity contribution is 6.02. The van der Waals surface area contributed by atoms with Gasteiger partial charge in [0, 0.05) is 23.9 Å². The standard InChI is InChI=1S/C26H26N4O6/c1-15-21(13-27-25(32)23-19-5-3-4-6-20(19)30-36-23)29-26(34-15)16-7-9-17(10-8-16)28-24(31)22-12-11-18(35-22)14-33-2/h7-12H,3-6,13-14H2,1-2H3,(H,27,32)(H,28,31). The summed E-state index contributed by atoms with van der Waals surface area (Å²) in [4.78, 5) is 29.6. The first-order valence-corrected chi connectivity index (χ1v) is 11.7. The first-order chi connectivity index (χ1) is 17.5. The molecule has 0 aliphatic heterocycles. The maximum atomic E-state index is 12.7. The molecule has 5 rings (SSSR count). The summed E-state index contributed by atoms with van der Waals surface area (Å²) in [6, 6.07) is 10.4. The molecule has 0 unspecified atom stereocenters. The maximum Gasteiger partial charge on any atom is 0.291 e. The molecule has 2 amide bonds. The van der Waals surface area contributed by atoms with Gasteiger partial charge in [0.15, 0.2) is 5.76 Å². The van der Waals surface area contributed by atoms with Crippen LogP contribution >= 0.6 is 0 Å². The zero-order chi connectivity index (χ0) is 25.1. The molecule has 3 heterocycles. The number of carbonyl (C=O) groups is 2. The fraction of sp³-hybridized carbons (Fsp3) is 0.308. The summed E-state index contributed by atoms with van der Waals surface area (Å²) < 4.78 is 21.6. The number of furan rings is 1. The number of anilines is 1. The lowest BCUT2D eigenvalue weighted by molar-refractivity contribution is 0.0911. The minimum absolute atomic E-state index is 0.200.